The van der Waals surface area contributed by atoms with E-state index in [0.717, 1.165) is 0 Å². The molecule has 0 unspecified atom stereocenters. The van der Waals surface area contributed by atoms with E-state index >= 15 is 0 Å². The summed E-state index contributed by atoms with van der Waals surface area (Å²) in [6, 6.07) is 0. The van der Waals surface area contributed by atoms with Crippen LogP contribution in [-0.4, -0.2) is 25.2 Å². The van der Waals surface area contributed by atoms with Crippen LogP contribution in [0, 0.1) is 0 Å². The molecule has 0 aliphatic heterocycles. The van der Waals surface area contributed by atoms with Crippen LogP contribution in [-0.2, 0) is 9.53 Å². The second kappa shape index (κ2) is 4.20. The molecule has 0 aliphatic rings. The highest BCUT2D eigenvalue weighted by molar-refractivity contribution is 5.77. The smallest absolute Gasteiger partial charge is 0.379 e. The Morgan fingerprint density at radius 1 is 1.55 bits per heavy atom. The van der Waals surface area contributed by atoms with E-state index < -0.39 is 18.6 Å². The number of hydrogen-bond acceptors (Lipinski definition) is 2. The Balaban J connectivity index is 3.82. The molecule has 2 nitrogen and oxygen atoms in total. The summed E-state index contributed by atoms with van der Waals surface area (Å²) in [5, 5.41) is 0. The van der Waals surface area contributed by atoms with Gasteiger partial charge in [0.25, 0.3) is 0 Å². The first-order valence-corrected chi connectivity index (χ1v) is 3.15. The summed E-state index contributed by atoms with van der Waals surface area (Å²) in [6.07, 6.45) is 0.439. The first kappa shape index (κ1) is 10.3. The van der Waals surface area contributed by atoms with E-state index in [2.05, 4.69) is 4.74 Å². The summed E-state index contributed by atoms with van der Waals surface area (Å²) in [6.45, 7) is -0.454. The molecule has 0 amide bonds. The molecule has 0 saturated heterocycles. The van der Waals surface area contributed by atoms with Crippen molar-refractivity contribution in [1.29, 1.82) is 0 Å². The topological polar surface area (TPSA) is 26.3 Å². The average molecular weight is 170 g/mol. The fraction of sp³-hybridized carbons (Fsp3) is 0.833. The van der Waals surface area contributed by atoms with E-state index in [-0.39, 0.29) is 6.61 Å². The van der Waals surface area contributed by atoms with Crippen molar-refractivity contribution in [2.24, 2.45) is 0 Å². The standard InChI is InChI=1S/C6H9F3O2/c1-2-3-11-5(10)6(8,9)4-7/h2-4H2,1H3. The van der Waals surface area contributed by atoms with Crippen molar-refractivity contribution in [1.82, 2.24) is 0 Å². The van der Waals surface area contributed by atoms with E-state index in [1.54, 1.807) is 6.92 Å². The number of carbonyl (C=O) groups excluding carboxylic acids is 1. The number of esters is 1. The van der Waals surface area contributed by atoms with E-state index in [9.17, 15) is 18.0 Å². The molecule has 0 rings (SSSR count). The third-order valence-corrected chi connectivity index (χ3v) is 0.904. The maximum atomic E-state index is 12.0. The molecule has 0 bridgehead atoms. The Morgan fingerprint density at radius 2 is 2.09 bits per heavy atom. The van der Waals surface area contributed by atoms with Gasteiger partial charge in [0.15, 0.2) is 6.67 Å². The number of halogens is 3. The predicted octanol–water partition coefficient (Wildman–Crippen LogP) is 1.54. The molecule has 0 atom stereocenters. The first-order valence-electron chi connectivity index (χ1n) is 3.15. The molecule has 0 aliphatic carbocycles. The third-order valence-electron chi connectivity index (χ3n) is 0.904. The molecule has 5 heteroatoms. The van der Waals surface area contributed by atoms with Gasteiger partial charge in [-0.1, -0.05) is 6.92 Å². The normalized spacial score (nSPS) is 11.3. The Bertz CT molecular complexity index is 136. The molecule has 0 aromatic heterocycles. The van der Waals surface area contributed by atoms with Gasteiger partial charge in [0.1, 0.15) is 0 Å². The Labute approximate surface area is 62.3 Å². The van der Waals surface area contributed by atoms with Gasteiger partial charge in [0.2, 0.25) is 0 Å². The third kappa shape index (κ3) is 3.25. The monoisotopic (exact) mass is 170 g/mol. The molecule has 0 aromatic carbocycles. The molecule has 0 aromatic rings. The maximum absolute atomic E-state index is 12.0. The highest BCUT2D eigenvalue weighted by atomic mass is 19.3. The van der Waals surface area contributed by atoms with Crippen LogP contribution in [0.3, 0.4) is 0 Å². The molecule has 0 N–H and O–H groups in total. The Hall–Kier alpha value is -0.740. The molecule has 0 spiro atoms. The van der Waals surface area contributed by atoms with E-state index in [0.29, 0.717) is 6.42 Å². The first-order chi connectivity index (χ1) is 5.04. The van der Waals surface area contributed by atoms with Crippen LogP contribution in [0.2, 0.25) is 0 Å². The van der Waals surface area contributed by atoms with Gasteiger partial charge in [-0.05, 0) is 6.42 Å². The van der Waals surface area contributed by atoms with Crippen LogP contribution in [0.25, 0.3) is 0 Å². The second-order valence-corrected chi connectivity index (χ2v) is 1.97. The molecule has 66 valence electrons. The van der Waals surface area contributed by atoms with Crippen LogP contribution < -0.4 is 0 Å². The summed E-state index contributed by atoms with van der Waals surface area (Å²) in [5.41, 5.74) is 0. The SMILES string of the molecule is CCCOC(=O)C(F)(F)CF. The van der Waals surface area contributed by atoms with Crippen molar-refractivity contribution in [3.63, 3.8) is 0 Å². The van der Waals surface area contributed by atoms with Crippen molar-refractivity contribution >= 4 is 5.97 Å². The lowest BCUT2D eigenvalue weighted by Gasteiger charge is -2.09. The molecule has 11 heavy (non-hydrogen) atoms. The fourth-order valence-electron chi connectivity index (χ4n) is 0.355. The summed E-state index contributed by atoms with van der Waals surface area (Å²) < 4.78 is 39.5. The summed E-state index contributed by atoms with van der Waals surface area (Å²) in [7, 11) is 0. The van der Waals surface area contributed by atoms with Gasteiger partial charge in [-0.3, -0.25) is 0 Å². The van der Waals surface area contributed by atoms with E-state index in [1.165, 1.54) is 0 Å². The molecule has 0 radical (unpaired) electrons. The number of carbonyl (C=O) groups is 1. The summed E-state index contributed by atoms with van der Waals surface area (Å²) in [4.78, 5) is 10.2. The minimum absolute atomic E-state index is 0.103. The second-order valence-electron chi connectivity index (χ2n) is 1.97. The molecular formula is C6H9F3O2. The predicted molar refractivity (Wildman–Crippen MR) is 32.2 cm³/mol. The fourth-order valence-corrected chi connectivity index (χ4v) is 0.355. The van der Waals surface area contributed by atoms with Crippen molar-refractivity contribution in [3.8, 4) is 0 Å². The van der Waals surface area contributed by atoms with Gasteiger partial charge >= 0.3 is 11.9 Å². The minimum Gasteiger partial charge on any atom is -0.461 e. The minimum atomic E-state index is -3.98. The van der Waals surface area contributed by atoms with Gasteiger partial charge in [-0.2, -0.15) is 8.78 Å². The van der Waals surface area contributed by atoms with E-state index in [4.69, 9.17) is 0 Å². The Morgan fingerprint density at radius 3 is 2.45 bits per heavy atom. The Kier molecular flexibility index (Phi) is 3.92. The van der Waals surface area contributed by atoms with Gasteiger partial charge in [-0.15, -0.1) is 0 Å². The van der Waals surface area contributed by atoms with Crippen molar-refractivity contribution < 1.29 is 22.7 Å². The molecule has 0 saturated carbocycles. The number of alkyl halides is 3. The van der Waals surface area contributed by atoms with Crippen LogP contribution in [0.5, 0.6) is 0 Å². The lowest BCUT2D eigenvalue weighted by atomic mass is 10.4. The van der Waals surface area contributed by atoms with Gasteiger partial charge < -0.3 is 4.74 Å². The average Bonchev–Trinajstić information content (AvgIpc) is 2.00. The van der Waals surface area contributed by atoms with Crippen LogP contribution in [0.4, 0.5) is 13.2 Å². The van der Waals surface area contributed by atoms with Crippen LogP contribution in [0.15, 0.2) is 0 Å². The van der Waals surface area contributed by atoms with Gasteiger partial charge in [0, 0.05) is 0 Å². The highest BCUT2D eigenvalue weighted by Crippen LogP contribution is 2.15. The van der Waals surface area contributed by atoms with Gasteiger partial charge in [-0.25, -0.2) is 9.18 Å². The number of ether oxygens (including phenoxy) is 1. The lowest BCUT2D eigenvalue weighted by molar-refractivity contribution is -0.173. The maximum Gasteiger partial charge on any atom is 0.379 e. The molecular weight excluding hydrogens is 161 g/mol. The summed E-state index contributed by atoms with van der Waals surface area (Å²) in [5.74, 6) is -5.77. The van der Waals surface area contributed by atoms with Gasteiger partial charge in [0.05, 0.1) is 6.61 Å². The zero-order chi connectivity index (χ0) is 8.91. The van der Waals surface area contributed by atoms with Crippen molar-refractivity contribution in [2.75, 3.05) is 13.3 Å². The molecule has 0 heterocycles. The zero-order valence-electron chi connectivity index (χ0n) is 6.07. The van der Waals surface area contributed by atoms with Crippen LogP contribution >= 0.6 is 0 Å². The lowest BCUT2D eigenvalue weighted by Crippen LogP contribution is -2.33. The summed E-state index contributed by atoms with van der Waals surface area (Å²) >= 11 is 0. The highest BCUT2D eigenvalue weighted by Gasteiger charge is 2.40. The van der Waals surface area contributed by atoms with Crippen molar-refractivity contribution in [2.45, 2.75) is 19.3 Å². The van der Waals surface area contributed by atoms with E-state index in [1.807, 2.05) is 0 Å². The van der Waals surface area contributed by atoms with Crippen molar-refractivity contribution in [3.05, 3.63) is 0 Å². The van der Waals surface area contributed by atoms with Crippen LogP contribution in [0.1, 0.15) is 13.3 Å². The molecule has 0 fully saturated rings. The quantitative estimate of drug-likeness (QED) is 0.598. The zero-order valence-corrected chi connectivity index (χ0v) is 6.07. The number of rotatable bonds is 4. The number of hydrogen-bond donors (Lipinski definition) is 0. The largest absolute Gasteiger partial charge is 0.461 e.